The summed E-state index contributed by atoms with van der Waals surface area (Å²) in [6.07, 6.45) is 5.62. The SMILES string of the molecule is C[C@H](CSC(=O)c1ccccc1)C([O-])=Nc1c[n+](N2CCN(C3CCC3)CC2)no1. The van der Waals surface area contributed by atoms with Crippen LogP contribution < -0.4 is 14.9 Å². The second kappa shape index (κ2) is 9.61. The minimum absolute atomic E-state index is 0.0474. The van der Waals surface area contributed by atoms with Crippen molar-refractivity contribution in [2.75, 3.05) is 36.9 Å². The number of thioether (sulfide) groups is 1. The first kappa shape index (κ1) is 20.9. The van der Waals surface area contributed by atoms with Gasteiger partial charge in [0, 0.05) is 30.4 Å². The summed E-state index contributed by atoms with van der Waals surface area (Å²) in [6.45, 7) is 5.53. The van der Waals surface area contributed by atoms with Gasteiger partial charge in [-0.15, -0.1) is 0 Å². The zero-order valence-electron chi connectivity index (χ0n) is 17.1. The lowest BCUT2D eigenvalue weighted by Gasteiger charge is -2.40. The summed E-state index contributed by atoms with van der Waals surface area (Å²) in [7, 11) is 0. The summed E-state index contributed by atoms with van der Waals surface area (Å²) in [5.41, 5.74) is 0.632. The monoisotopic (exact) mass is 429 g/mol. The first-order chi connectivity index (χ1) is 14.6. The Labute approximate surface area is 180 Å². The Hall–Kier alpha value is -2.39. The second-order valence-electron chi connectivity index (χ2n) is 7.85. The molecule has 0 unspecified atom stereocenters. The molecule has 1 aliphatic carbocycles. The largest absolute Gasteiger partial charge is 0.861 e. The second-order valence-corrected chi connectivity index (χ2v) is 8.84. The van der Waals surface area contributed by atoms with Gasteiger partial charge in [0.15, 0.2) is 0 Å². The lowest BCUT2D eigenvalue weighted by molar-refractivity contribution is -0.759. The van der Waals surface area contributed by atoms with Crippen LogP contribution in [0.4, 0.5) is 5.88 Å². The van der Waals surface area contributed by atoms with Gasteiger partial charge in [0.1, 0.15) is 0 Å². The van der Waals surface area contributed by atoms with Gasteiger partial charge in [0.2, 0.25) is 10.4 Å². The number of benzene rings is 1. The molecule has 4 rings (SSSR count). The molecule has 1 atom stereocenters. The third-order valence-corrected chi connectivity index (χ3v) is 6.90. The normalized spacial score (nSPS) is 19.5. The molecular weight excluding hydrogens is 402 g/mol. The summed E-state index contributed by atoms with van der Waals surface area (Å²) in [6, 6.07) is 9.81. The average molecular weight is 430 g/mol. The molecule has 0 amide bonds. The lowest BCUT2D eigenvalue weighted by Crippen LogP contribution is -2.66. The van der Waals surface area contributed by atoms with Crippen LogP contribution in [-0.4, -0.2) is 59.2 Å². The fourth-order valence-corrected chi connectivity index (χ4v) is 4.44. The van der Waals surface area contributed by atoms with E-state index in [-0.39, 0.29) is 16.9 Å². The van der Waals surface area contributed by atoms with Gasteiger partial charge in [-0.1, -0.05) is 55.4 Å². The highest BCUT2D eigenvalue weighted by molar-refractivity contribution is 8.14. The number of hydrogen-bond donors (Lipinski definition) is 0. The van der Waals surface area contributed by atoms with Gasteiger partial charge in [-0.3, -0.25) is 14.2 Å². The van der Waals surface area contributed by atoms with Crippen LogP contribution in [0.25, 0.3) is 0 Å². The molecule has 0 spiro atoms. The first-order valence-electron chi connectivity index (χ1n) is 10.5. The van der Waals surface area contributed by atoms with E-state index in [2.05, 4.69) is 20.2 Å². The molecule has 1 aliphatic heterocycles. The Morgan fingerprint density at radius 3 is 2.70 bits per heavy atom. The smallest absolute Gasteiger partial charge is 0.324 e. The van der Waals surface area contributed by atoms with Crippen molar-refractivity contribution in [1.29, 1.82) is 0 Å². The molecule has 1 saturated carbocycles. The molecule has 0 N–H and O–H groups in total. The van der Waals surface area contributed by atoms with Gasteiger partial charge in [-0.2, -0.15) is 5.01 Å². The molecule has 2 heterocycles. The van der Waals surface area contributed by atoms with E-state index in [1.807, 2.05) is 18.2 Å². The van der Waals surface area contributed by atoms with E-state index in [1.54, 1.807) is 30.0 Å². The highest BCUT2D eigenvalue weighted by Gasteiger charge is 2.31. The zero-order valence-corrected chi connectivity index (χ0v) is 18.0. The summed E-state index contributed by atoms with van der Waals surface area (Å²) < 4.78 is 5.24. The van der Waals surface area contributed by atoms with E-state index in [1.165, 1.54) is 19.3 Å². The molecule has 8 nitrogen and oxygen atoms in total. The summed E-state index contributed by atoms with van der Waals surface area (Å²) in [4.78, 5) is 20.4. The van der Waals surface area contributed by atoms with E-state index >= 15 is 0 Å². The average Bonchev–Trinajstić information content (AvgIpc) is 3.20. The van der Waals surface area contributed by atoms with Crippen molar-refractivity contribution in [3.63, 3.8) is 0 Å². The molecule has 0 bridgehead atoms. The summed E-state index contributed by atoms with van der Waals surface area (Å²) in [5.74, 6) is -0.158. The van der Waals surface area contributed by atoms with Crippen molar-refractivity contribution in [3.05, 3.63) is 42.1 Å². The summed E-state index contributed by atoms with van der Waals surface area (Å²) >= 11 is 1.13. The predicted molar refractivity (Wildman–Crippen MR) is 113 cm³/mol. The van der Waals surface area contributed by atoms with Crippen LogP contribution in [0.5, 0.6) is 0 Å². The Bertz CT molecular complexity index is 876. The Kier molecular flexibility index (Phi) is 6.69. The fourth-order valence-electron chi connectivity index (χ4n) is 3.59. The van der Waals surface area contributed by atoms with Gasteiger partial charge in [0.05, 0.1) is 17.9 Å². The molecule has 30 heavy (non-hydrogen) atoms. The van der Waals surface area contributed by atoms with Gasteiger partial charge >= 0.3 is 5.88 Å². The van der Waals surface area contributed by atoms with E-state index in [0.717, 1.165) is 44.0 Å². The first-order valence-corrected chi connectivity index (χ1v) is 11.4. The molecule has 1 saturated heterocycles. The van der Waals surface area contributed by atoms with Crippen molar-refractivity contribution < 1.29 is 19.2 Å². The predicted octanol–water partition coefficient (Wildman–Crippen LogP) is 1.37. The van der Waals surface area contributed by atoms with Crippen LogP contribution in [0.3, 0.4) is 0 Å². The van der Waals surface area contributed by atoms with Gasteiger partial charge < -0.3 is 5.11 Å². The van der Waals surface area contributed by atoms with Crippen LogP contribution in [0.2, 0.25) is 0 Å². The van der Waals surface area contributed by atoms with Crippen molar-refractivity contribution in [3.8, 4) is 0 Å². The number of piperazine rings is 1. The molecule has 0 radical (unpaired) electrons. The van der Waals surface area contributed by atoms with Crippen molar-refractivity contribution in [1.82, 2.24) is 10.2 Å². The number of carbonyl (C=O) groups excluding carboxylic acids is 1. The highest BCUT2D eigenvalue weighted by Crippen LogP contribution is 2.25. The van der Waals surface area contributed by atoms with Crippen LogP contribution in [-0.2, 0) is 0 Å². The number of hydrogen-bond acceptors (Lipinski definition) is 8. The number of rotatable bonds is 7. The third-order valence-electron chi connectivity index (χ3n) is 5.73. The van der Waals surface area contributed by atoms with Crippen molar-refractivity contribution in [2.45, 2.75) is 32.2 Å². The van der Waals surface area contributed by atoms with Gasteiger partial charge in [-0.05, 0) is 24.7 Å². The maximum absolute atomic E-state index is 12.4. The molecular formula is C21H27N5O3S. The molecule has 1 aromatic heterocycles. The standard InChI is InChI=1S/C21H27N5O3S/c1-16(15-30-21(28)17-6-3-2-4-7-17)20(27)22-19-14-26(23-29-19)25-12-10-24(11-13-25)18-8-5-9-18/h2-4,6-7,14,16,18H,5,8-13,15H2,1H3/t16-/m1/s1. The van der Waals surface area contributed by atoms with Crippen molar-refractivity contribution >= 4 is 28.7 Å². The maximum Gasteiger partial charge on any atom is 0.324 e. The Morgan fingerprint density at radius 1 is 1.30 bits per heavy atom. The Morgan fingerprint density at radius 2 is 2.03 bits per heavy atom. The molecule has 1 aromatic carbocycles. The number of carbonyl (C=O) groups is 1. The number of nitrogens with zero attached hydrogens (tertiary/aromatic N) is 5. The van der Waals surface area contributed by atoms with Crippen LogP contribution in [0, 0.1) is 5.92 Å². The third kappa shape index (κ3) is 5.02. The molecule has 2 aromatic rings. The molecule has 160 valence electrons. The molecule has 2 fully saturated rings. The van der Waals surface area contributed by atoms with E-state index in [9.17, 15) is 9.90 Å². The van der Waals surface area contributed by atoms with Gasteiger partial charge in [0.25, 0.3) is 6.20 Å². The zero-order chi connectivity index (χ0) is 20.9. The van der Waals surface area contributed by atoms with Crippen LogP contribution in [0.1, 0.15) is 36.5 Å². The number of aliphatic imine (C=N–C) groups is 1. The topological polar surface area (TPSA) is 88.9 Å². The van der Waals surface area contributed by atoms with Gasteiger partial charge in [-0.25, -0.2) is 4.99 Å². The minimum atomic E-state index is -0.396. The lowest BCUT2D eigenvalue weighted by atomic mass is 9.91. The Balaban J connectivity index is 1.28. The molecule has 2 aliphatic rings. The fraction of sp³-hybridized carbons (Fsp3) is 0.524. The quantitative estimate of drug-likeness (QED) is 0.373. The highest BCUT2D eigenvalue weighted by atomic mass is 32.2. The molecule has 9 heteroatoms. The van der Waals surface area contributed by atoms with Crippen LogP contribution in [0.15, 0.2) is 46.0 Å². The minimum Gasteiger partial charge on any atom is -0.861 e. The van der Waals surface area contributed by atoms with Crippen LogP contribution >= 0.6 is 11.8 Å². The van der Waals surface area contributed by atoms with E-state index in [0.29, 0.717) is 11.3 Å². The summed E-state index contributed by atoms with van der Waals surface area (Å²) in [5, 5.41) is 18.5. The maximum atomic E-state index is 12.4. The number of aromatic nitrogens is 2. The van der Waals surface area contributed by atoms with E-state index in [4.69, 9.17) is 4.52 Å². The van der Waals surface area contributed by atoms with E-state index < -0.39 is 5.92 Å². The van der Waals surface area contributed by atoms with Crippen molar-refractivity contribution in [2.24, 2.45) is 10.9 Å².